The second-order valence-corrected chi connectivity index (χ2v) is 5.65. The van der Waals surface area contributed by atoms with Gasteiger partial charge in [-0.25, -0.2) is 4.79 Å². The molecule has 0 radical (unpaired) electrons. The number of hydrogen-bond donors (Lipinski definition) is 2. The molecule has 0 aromatic heterocycles. The molecule has 2 N–H and O–H groups in total. The number of nitrogens with zero attached hydrogens (tertiary/aromatic N) is 1. The lowest BCUT2D eigenvalue weighted by Gasteiger charge is -2.22. The van der Waals surface area contributed by atoms with Crippen molar-refractivity contribution >= 4 is 6.03 Å². The molecule has 0 spiro atoms. The van der Waals surface area contributed by atoms with E-state index in [1.807, 2.05) is 6.92 Å². The highest BCUT2D eigenvalue weighted by atomic mass is 19.4. The fourth-order valence-corrected chi connectivity index (χ4v) is 2.11. The normalized spacial score (nSPS) is 11.4. The van der Waals surface area contributed by atoms with Crippen LogP contribution >= 0.6 is 0 Å². The van der Waals surface area contributed by atoms with Gasteiger partial charge in [-0.1, -0.05) is 37.6 Å². The van der Waals surface area contributed by atoms with Crippen LogP contribution in [0.3, 0.4) is 0 Å². The minimum absolute atomic E-state index is 0.0935. The van der Waals surface area contributed by atoms with E-state index in [-0.39, 0.29) is 25.8 Å². The quantitative estimate of drug-likeness (QED) is 0.672. The van der Waals surface area contributed by atoms with Gasteiger partial charge in [-0.15, -0.1) is 0 Å². The summed E-state index contributed by atoms with van der Waals surface area (Å²) in [5.74, 6) is 0. The van der Waals surface area contributed by atoms with Gasteiger partial charge in [0.1, 0.15) is 6.61 Å². The number of urea groups is 1. The first kappa shape index (κ1) is 21.2. The van der Waals surface area contributed by atoms with Crippen molar-refractivity contribution in [2.75, 3.05) is 26.3 Å². The molecule has 2 amide bonds. The predicted molar refractivity (Wildman–Crippen MR) is 88.0 cm³/mol. The number of nitrogens with one attached hydrogen (secondary N) is 1. The van der Waals surface area contributed by atoms with Crippen LogP contribution in [0.15, 0.2) is 24.3 Å². The molecule has 0 fully saturated rings. The lowest BCUT2D eigenvalue weighted by atomic mass is 10.1. The number of halogens is 3. The topological polar surface area (TPSA) is 61.8 Å². The Labute approximate surface area is 145 Å². The van der Waals surface area contributed by atoms with Gasteiger partial charge in [0.25, 0.3) is 0 Å². The molecule has 0 aliphatic rings. The van der Waals surface area contributed by atoms with Gasteiger partial charge in [-0.3, -0.25) is 0 Å². The first-order chi connectivity index (χ1) is 11.9. The highest BCUT2D eigenvalue weighted by molar-refractivity contribution is 5.74. The summed E-state index contributed by atoms with van der Waals surface area (Å²) in [6, 6.07) is 6.55. The molecule has 1 rings (SSSR count). The zero-order valence-corrected chi connectivity index (χ0v) is 14.3. The number of benzene rings is 1. The second kappa shape index (κ2) is 10.9. The van der Waals surface area contributed by atoms with E-state index in [4.69, 9.17) is 5.11 Å². The molecule has 142 valence electrons. The van der Waals surface area contributed by atoms with Gasteiger partial charge < -0.3 is 20.1 Å². The summed E-state index contributed by atoms with van der Waals surface area (Å²) in [6.07, 6.45) is -2.52. The Morgan fingerprint density at radius 3 is 2.40 bits per heavy atom. The van der Waals surface area contributed by atoms with Crippen molar-refractivity contribution in [3.8, 4) is 0 Å². The second-order valence-electron chi connectivity index (χ2n) is 5.65. The average molecular weight is 362 g/mol. The van der Waals surface area contributed by atoms with Crippen LogP contribution in [-0.4, -0.2) is 48.5 Å². The molecular formula is C17H25F3N2O3. The van der Waals surface area contributed by atoms with Crippen LogP contribution in [-0.2, 0) is 17.9 Å². The van der Waals surface area contributed by atoms with Crippen LogP contribution in [0.4, 0.5) is 18.0 Å². The molecule has 25 heavy (non-hydrogen) atoms. The lowest BCUT2D eigenvalue weighted by molar-refractivity contribution is -0.176. The van der Waals surface area contributed by atoms with Gasteiger partial charge in [-0.05, 0) is 17.5 Å². The van der Waals surface area contributed by atoms with E-state index in [1.54, 1.807) is 29.2 Å². The number of unbranched alkanes of at least 4 members (excludes halogenated alkanes) is 1. The molecule has 0 saturated heterocycles. The molecule has 0 saturated carbocycles. The van der Waals surface area contributed by atoms with Gasteiger partial charge in [0.15, 0.2) is 0 Å². The van der Waals surface area contributed by atoms with Crippen LogP contribution in [0.5, 0.6) is 0 Å². The minimum atomic E-state index is -4.33. The Morgan fingerprint density at radius 1 is 1.20 bits per heavy atom. The van der Waals surface area contributed by atoms with Crippen LogP contribution in [0.25, 0.3) is 0 Å². The Kier molecular flexibility index (Phi) is 9.30. The van der Waals surface area contributed by atoms with E-state index in [1.165, 1.54) is 0 Å². The first-order valence-electron chi connectivity index (χ1n) is 8.21. The van der Waals surface area contributed by atoms with Crippen molar-refractivity contribution < 1.29 is 27.8 Å². The monoisotopic (exact) mass is 362 g/mol. The molecule has 0 aliphatic heterocycles. The minimum Gasteiger partial charge on any atom is -0.395 e. The fraction of sp³-hybridized carbons (Fsp3) is 0.588. The number of rotatable bonds is 10. The van der Waals surface area contributed by atoms with E-state index in [2.05, 4.69) is 10.1 Å². The largest absolute Gasteiger partial charge is 0.411 e. The smallest absolute Gasteiger partial charge is 0.395 e. The van der Waals surface area contributed by atoms with Crippen LogP contribution in [0.2, 0.25) is 0 Å². The Bertz CT molecular complexity index is 507. The molecule has 0 atom stereocenters. The summed E-state index contributed by atoms with van der Waals surface area (Å²) in [4.78, 5) is 13.7. The number of aliphatic hydroxyl groups excluding tert-OH is 1. The average Bonchev–Trinajstić information content (AvgIpc) is 2.56. The summed E-state index contributed by atoms with van der Waals surface area (Å²) in [5, 5.41) is 11.8. The maximum absolute atomic E-state index is 12.1. The fourth-order valence-electron chi connectivity index (χ4n) is 2.11. The Morgan fingerprint density at radius 2 is 1.84 bits per heavy atom. The lowest BCUT2D eigenvalue weighted by Crippen LogP contribution is -2.41. The summed E-state index contributed by atoms with van der Waals surface area (Å²) >= 11 is 0. The third kappa shape index (κ3) is 9.31. The predicted octanol–water partition coefficient (Wildman–Crippen LogP) is 3.07. The number of hydrogen-bond acceptors (Lipinski definition) is 3. The van der Waals surface area contributed by atoms with Crippen LogP contribution in [0.1, 0.15) is 30.9 Å². The van der Waals surface area contributed by atoms with E-state index >= 15 is 0 Å². The van der Waals surface area contributed by atoms with Gasteiger partial charge in [0, 0.05) is 19.6 Å². The number of amides is 2. The van der Waals surface area contributed by atoms with E-state index in [0.717, 1.165) is 18.4 Å². The molecule has 0 bridgehead atoms. The van der Waals surface area contributed by atoms with Gasteiger partial charge in [0.05, 0.1) is 13.2 Å². The van der Waals surface area contributed by atoms with Crippen LogP contribution in [0, 0.1) is 0 Å². The van der Waals surface area contributed by atoms with E-state index < -0.39 is 12.8 Å². The van der Waals surface area contributed by atoms with Crippen molar-refractivity contribution in [2.24, 2.45) is 0 Å². The van der Waals surface area contributed by atoms with Gasteiger partial charge >= 0.3 is 12.2 Å². The summed E-state index contributed by atoms with van der Waals surface area (Å²) in [7, 11) is 0. The zero-order valence-electron chi connectivity index (χ0n) is 14.3. The van der Waals surface area contributed by atoms with Gasteiger partial charge in [0.2, 0.25) is 0 Å². The number of aliphatic hydroxyl groups is 1. The molecule has 0 aliphatic carbocycles. The highest BCUT2D eigenvalue weighted by Crippen LogP contribution is 2.15. The van der Waals surface area contributed by atoms with Crippen molar-refractivity contribution in [1.29, 1.82) is 0 Å². The van der Waals surface area contributed by atoms with E-state index in [0.29, 0.717) is 18.7 Å². The van der Waals surface area contributed by atoms with Crippen molar-refractivity contribution in [3.63, 3.8) is 0 Å². The first-order valence-corrected chi connectivity index (χ1v) is 8.21. The standard InChI is InChI=1S/C17H25F3N2O3/c1-2-3-8-22(9-10-23)16(24)21-11-14-4-6-15(7-5-14)12-25-13-17(18,19)20/h4-7,23H,2-3,8-13H2,1H3,(H,21,24). The third-order valence-electron chi connectivity index (χ3n) is 3.44. The summed E-state index contributed by atoms with van der Waals surface area (Å²) in [6.45, 7) is 1.70. The molecular weight excluding hydrogens is 337 g/mol. The Balaban J connectivity index is 2.42. The van der Waals surface area contributed by atoms with Crippen molar-refractivity contribution in [1.82, 2.24) is 10.2 Å². The molecule has 5 nitrogen and oxygen atoms in total. The zero-order chi connectivity index (χ0) is 18.7. The number of alkyl halides is 3. The summed E-state index contributed by atoms with van der Waals surface area (Å²) < 4.78 is 40.6. The van der Waals surface area contributed by atoms with Crippen LogP contribution < -0.4 is 5.32 Å². The molecule has 1 aromatic carbocycles. The van der Waals surface area contributed by atoms with E-state index in [9.17, 15) is 18.0 Å². The third-order valence-corrected chi connectivity index (χ3v) is 3.44. The van der Waals surface area contributed by atoms with Gasteiger partial charge in [-0.2, -0.15) is 13.2 Å². The molecule has 0 heterocycles. The number of carbonyl (C=O) groups is 1. The van der Waals surface area contributed by atoms with Crippen molar-refractivity contribution in [3.05, 3.63) is 35.4 Å². The number of carbonyl (C=O) groups excluding carboxylic acids is 1. The molecule has 1 aromatic rings. The number of ether oxygens (including phenoxy) is 1. The molecule has 8 heteroatoms. The molecule has 0 unspecified atom stereocenters. The maximum Gasteiger partial charge on any atom is 0.411 e. The SMILES string of the molecule is CCCCN(CCO)C(=O)NCc1ccc(COCC(F)(F)F)cc1. The maximum atomic E-state index is 12.1. The van der Waals surface area contributed by atoms with Crippen molar-refractivity contribution in [2.45, 2.75) is 39.1 Å². The Hall–Kier alpha value is -1.80. The summed E-state index contributed by atoms with van der Waals surface area (Å²) in [5.41, 5.74) is 1.46. The highest BCUT2D eigenvalue weighted by Gasteiger charge is 2.27.